The molecule has 86 valence electrons. The summed E-state index contributed by atoms with van der Waals surface area (Å²) < 4.78 is 1.96. The second kappa shape index (κ2) is 4.49. The summed E-state index contributed by atoms with van der Waals surface area (Å²) in [6, 6.07) is 1.88. The van der Waals surface area contributed by atoms with Crippen LogP contribution in [0.3, 0.4) is 0 Å². The highest BCUT2D eigenvalue weighted by Gasteiger charge is 2.05. The van der Waals surface area contributed by atoms with Crippen LogP contribution in [0.2, 0.25) is 0 Å². The van der Waals surface area contributed by atoms with Crippen molar-refractivity contribution in [3.8, 4) is 0 Å². The molecule has 0 bridgehead atoms. The van der Waals surface area contributed by atoms with Crippen molar-refractivity contribution in [3.05, 3.63) is 28.9 Å². The highest BCUT2D eigenvalue weighted by molar-refractivity contribution is 5.74. The Morgan fingerprint density at radius 2 is 2.31 bits per heavy atom. The van der Waals surface area contributed by atoms with Crippen LogP contribution < -0.4 is 5.56 Å². The van der Waals surface area contributed by atoms with Crippen LogP contribution in [-0.4, -0.2) is 40.1 Å². The van der Waals surface area contributed by atoms with Crippen molar-refractivity contribution in [3.63, 3.8) is 0 Å². The first-order valence-electron chi connectivity index (χ1n) is 5.36. The van der Waals surface area contributed by atoms with E-state index in [4.69, 9.17) is 0 Å². The zero-order valence-corrected chi connectivity index (χ0v) is 9.60. The van der Waals surface area contributed by atoms with Crippen molar-refractivity contribution in [1.82, 2.24) is 19.4 Å². The summed E-state index contributed by atoms with van der Waals surface area (Å²) in [6.07, 6.45) is 4.38. The molecule has 0 unspecified atom stereocenters. The van der Waals surface area contributed by atoms with Gasteiger partial charge in [0, 0.05) is 12.7 Å². The molecule has 0 saturated carbocycles. The molecule has 0 radical (unpaired) electrons. The van der Waals surface area contributed by atoms with E-state index in [-0.39, 0.29) is 5.56 Å². The molecule has 5 heteroatoms. The summed E-state index contributed by atoms with van der Waals surface area (Å²) >= 11 is 0. The minimum Gasteiger partial charge on any atom is -0.342 e. The molecule has 0 atom stereocenters. The molecular weight excluding hydrogens is 204 g/mol. The van der Waals surface area contributed by atoms with Gasteiger partial charge in [0.25, 0.3) is 5.56 Å². The number of hydrogen-bond acceptors (Lipinski definition) is 3. The molecule has 2 rings (SSSR count). The van der Waals surface area contributed by atoms with Crippen molar-refractivity contribution in [1.29, 1.82) is 0 Å². The summed E-state index contributed by atoms with van der Waals surface area (Å²) in [7, 11) is 4.09. The molecule has 0 aliphatic rings. The molecule has 0 aliphatic heterocycles. The Labute approximate surface area is 93.7 Å². The normalized spacial score (nSPS) is 11.4. The monoisotopic (exact) mass is 220 g/mol. The Bertz CT molecular complexity index is 526. The van der Waals surface area contributed by atoms with E-state index in [9.17, 15) is 4.79 Å². The Balaban J connectivity index is 2.22. The number of nitrogens with one attached hydrogen (secondary N) is 1. The van der Waals surface area contributed by atoms with Crippen molar-refractivity contribution in [2.45, 2.75) is 13.0 Å². The summed E-state index contributed by atoms with van der Waals surface area (Å²) in [6.45, 7) is 1.86. The van der Waals surface area contributed by atoms with E-state index in [0.29, 0.717) is 5.52 Å². The third-order valence-corrected chi connectivity index (χ3v) is 2.56. The summed E-state index contributed by atoms with van der Waals surface area (Å²) in [5.41, 5.74) is 1.36. The number of H-pyrrole nitrogens is 1. The van der Waals surface area contributed by atoms with Gasteiger partial charge in [-0.05, 0) is 33.1 Å². The lowest BCUT2D eigenvalue weighted by Gasteiger charge is -2.09. The quantitative estimate of drug-likeness (QED) is 0.824. The van der Waals surface area contributed by atoms with Crippen LogP contribution in [0.5, 0.6) is 0 Å². The first kappa shape index (κ1) is 10.9. The van der Waals surface area contributed by atoms with Gasteiger partial charge in [-0.15, -0.1) is 0 Å². The van der Waals surface area contributed by atoms with Gasteiger partial charge in [-0.1, -0.05) is 0 Å². The van der Waals surface area contributed by atoms with Gasteiger partial charge in [-0.2, -0.15) is 0 Å². The van der Waals surface area contributed by atoms with E-state index in [1.807, 2.05) is 30.9 Å². The maximum Gasteiger partial charge on any atom is 0.275 e. The average Bonchev–Trinajstić information content (AvgIpc) is 2.62. The van der Waals surface area contributed by atoms with Gasteiger partial charge in [0.15, 0.2) is 0 Å². The lowest BCUT2D eigenvalue weighted by atomic mass is 10.4. The highest BCUT2D eigenvalue weighted by atomic mass is 16.1. The predicted octanol–water partition coefficient (Wildman–Crippen LogP) is 0.676. The highest BCUT2D eigenvalue weighted by Crippen LogP contribution is 2.08. The van der Waals surface area contributed by atoms with Gasteiger partial charge in [-0.25, -0.2) is 4.98 Å². The van der Waals surface area contributed by atoms with Crippen molar-refractivity contribution in [2.75, 3.05) is 20.6 Å². The van der Waals surface area contributed by atoms with Crippen LogP contribution >= 0.6 is 0 Å². The molecule has 2 aromatic rings. The maximum atomic E-state index is 11.6. The Kier molecular flexibility index (Phi) is 3.05. The first-order chi connectivity index (χ1) is 7.68. The molecule has 0 saturated heterocycles. The minimum absolute atomic E-state index is 0.0696. The van der Waals surface area contributed by atoms with E-state index < -0.39 is 0 Å². The number of aryl methyl sites for hydroxylation is 1. The lowest BCUT2D eigenvalue weighted by Crippen LogP contribution is -2.16. The number of nitrogens with zero attached hydrogens (tertiary/aromatic N) is 3. The number of rotatable bonds is 4. The van der Waals surface area contributed by atoms with Gasteiger partial charge in [0.05, 0.1) is 11.8 Å². The number of aromatic nitrogens is 3. The molecule has 0 amide bonds. The zero-order chi connectivity index (χ0) is 11.5. The summed E-state index contributed by atoms with van der Waals surface area (Å²) in [4.78, 5) is 20.5. The molecule has 0 spiro atoms. The molecule has 16 heavy (non-hydrogen) atoms. The topological polar surface area (TPSA) is 53.9 Å². The third kappa shape index (κ3) is 2.14. The van der Waals surface area contributed by atoms with E-state index in [0.717, 1.165) is 25.0 Å². The SMILES string of the molecule is CN(C)CCCn1ccc2nc[nH]c(=O)c21. The van der Waals surface area contributed by atoms with Crippen LogP contribution in [0.15, 0.2) is 23.4 Å². The van der Waals surface area contributed by atoms with Crippen molar-refractivity contribution in [2.24, 2.45) is 0 Å². The minimum atomic E-state index is -0.0696. The van der Waals surface area contributed by atoms with Gasteiger partial charge >= 0.3 is 0 Å². The smallest absolute Gasteiger partial charge is 0.275 e. The number of fused-ring (bicyclic) bond motifs is 1. The summed E-state index contributed by atoms with van der Waals surface area (Å²) in [5, 5.41) is 0. The second-order valence-electron chi connectivity index (χ2n) is 4.13. The lowest BCUT2D eigenvalue weighted by molar-refractivity contribution is 0.388. The molecule has 1 N–H and O–H groups in total. The first-order valence-corrected chi connectivity index (χ1v) is 5.36. The van der Waals surface area contributed by atoms with E-state index in [2.05, 4.69) is 14.9 Å². The van der Waals surface area contributed by atoms with E-state index in [1.165, 1.54) is 6.33 Å². The van der Waals surface area contributed by atoms with Gasteiger partial charge < -0.3 is 14.5 Å². The molecule has 0 aromatic carbocycles. The van der Waals surface area contributed by atoms with Crippen LogP contribution in [0, 0.1) is 0 Å². The predicted molar refractivity (Wildman–Crippen MR) is 63.5 cm³/mol. The second-order valence-corrected chi connectivity index (χ2v) is 4.13. The molecule has 0 fully saturated rings. The number of aromatic amines is 1. The molecular formula is C11H16N4O. The fraction of sp³-hybridized carbons (Fsp3) is 0.455. The van der Waals surface area contributed by atoms with E-state index in [1.54, 1.807) is 0 Å². The molecule has 2 heterocycles. The third-order valence-electron chi connectivity index (χ3n) is 2.56. The van der Waals surface area contributed by atoms with Crippen molar-refractivity contribution >= 4 is 11.0 Å². The fourth-order valence-electron chi connectivity index (χ4n) is 1.78. The van der Waals surface area contributed by atoms with Gasteiger partial charge in [-0.3, -0.25) is 4.79 Å². The zero-order valence-electron chi connectivity index (χ0n) is 9.60. The van der Waals surface area contributed by atoms with Crippen LogP contribution in [0.25, 0.3) is 11.0 Å². The van der Waals surface area contributed by atoms with Crippen molar-refractivity contribution < 1.29 is 0 Å². The largest absolute Gasteiger partial charge is 0.342 e. The standard InChI is InChI=1S/C11H16N4O/c1-14(2)5-3-6-15-7-4-9-10(15)11(16)13-8-12-9/h4,7-8H,3,5-6H2,1-2H3,(H,12,13,16). The van der Waals surface area contributed by atoms with Crippen LogP contribution in [-0.2, 0) is 6.54 Å². The molecule has 0 aliphatic carbocycles. The Morgan fingerprint density at radius 1 is 1.50 bits per heavy atom. The van der Waals surface area contributed by atoms with Crippen LogP contribution in [0.1, 0.15) is 6.42 Å². The van der Waals surface area contributed by atoms with Gasteiger partial charge in [0.2, 0.25) is 0 Å². The van der Waals surface area contributed by atoms with Gasteiger partial charge in [0.1, 0.15) is 5.52 Å². The Morgan fingerprint density at radius 3 is 3.06 bits per heavy atom. The molecule has 2 aromatic heterocycles. The Hall–Kier alpha value is -1.62. The number of hydrogen-bond donors (Lipinski definition) is 1. The van der Waals surface area contributed by atoms with Crippen LogP contribution in [0.4, 0.5) is 0 Å². The average molecular weight is 220 g/mol. The summed E-state index contributed by atoms with van der Waals surface area (Å²) in [5.74, 6) is 0. The van der Waals surface area contributed by atoms with E-state index >= 15 is 0 Å². The molecule has 5 nitrogen and oxygen atoms in total. The maximum absolute atomic E-state index is 11.6. The fourth-order valence-corrected chi connectivity index (χ4v) is 1.78.